The summed E-state index contributed by atoms with van der Waals surface area (Å²) in [5.41, 5.74) is 8.54. The summed E-state index contributed by atoms with van der Waals surface area (Å²) in [6.45, 7) is 8.04. The predicted octanol–water partition coefficient (Wildman–Crippen LogP) is 0.751. The van der Waals surface area contributed by atoms with Gasteiger partial charge in [0.2, 0.25) is 5.91 Å². The fourth-order valence-electron chi connectivity index (χ4n) is 2.25. The zero-order valence-electron chi connectivity index (χ0n) is 11.7. The third-order valence-electron chi connectivity index (χ3n) is 3.52. The van der Waals surface area contributed by atoms with Gasteiger partial charge in [0.15, 0.2) is 0 Å². The summed E-state index contributed by atoms with van der Waals surface area (Å²) in [5.74, 6) is 1.25. The minimum absolute atomic E-state index is 0.111. The van der Waals surface area contributed by atoms with Crippen LogP contribution in [0.5, 0.6) is 0 Å². The lowest BCUT2D eigenvalue weighted by Gasteiger charge is -2.27. The van der Waals surface area contributed by atoms with Crippen molar-refractivity contribution in [2.45, 2.75) is 33.1 Å². The molecular weight excluding hydrogens is 230 g/mol. The van der Waals surface area contributed by atoms with E-state index in [0.717, 1.165) is 25.9 Å². The van der Waals surface area contributed by atoms with Crippen LogP contribution in [0.15, 0.2) is 0 Å². The average molecular weight is 257 g/mol. The standard InChI is InChI=1S/C13H27N3O2/c1-11(2)12(5-6-14)3-4-13(17)15-16-7-9-18-10-8-16/h11-12H,3-10,14H2,1-2H3,(H,15,17). The van der Waals surface area contributed by atoms with Crippen molar-refractivity contribution in [1.29, 1.82) is 0 Å². The lowest BCUT2D eigenvalue weighted by molar-refractivity contribution is -0.128. The Morgan fingerprint density at radius 3 is 2.56 bits per heavy atom. The summed E-state index contributed by atoms with van der Waals surface area (Å²) < 4.78 is 5.24. The number of nitrogens with two attached hydrogens (primary N) is 1. The normalized spacial score (nSPS) is 18.9. The molecule has 0 aromatic heterocycles. The molecule has 1 fully saturated rings. The molecule has 1 atom stereocenters. The number of nitrogens with one attached hydrogen (secondary N) is 1. The maximum absolute atomic E-state index is 11.8. The van der Waals surface area contributed by atoms with Gasteiger partial charge in [0.25, 0.3) is 0 Å². The number of ether oxygens (including phenoxy) is 1. The number of hydrazine groups is 1. The second-order valence-electron chi connectivity index (χ2n) is 5.25. The molecule has 0 radical (unpaired) electrons. The zero-order valence-corrected chi connectivity index (χ0v) is 11.7. The van der Waals surface area contributed by atoms with Crippen LogP contribution in [0.2, 0.25) is 0 Å². The van der Waals surface area contributed by atoms with Crippen molar-refractivity contribution in [2.75, 3.05) is 32.8 Å². The van der Waals surface area contributed by atoms with Crippen molar-refractivity contribution >= 4 is 5.91 Å². The molecule has 5 heteroatoms. The summed E-state index contributed by atoms with van der Waals surface area (Å²) in [5, 5.41) is 1.94. The first-order chi connectivity index (χ1) is 8.63. The lowest BCUT2D eigenvalue weighted by atomic mass is 9.88. The molecule has 0 spiro atoms. The van der Waals surface area contributed by atoms with Gasteiger partial charge in [-0.05, 0) is 31.2 Å². The molecule has 1 amide bonds. The van der Waals surface area contributed by atoms with Gasteiger partial charge in [-0.2, -0.15) is 0 Å². The molecule has 1 saturated heterocycles. The van der Waals surface area contributed by atoms with E-state index in [9.17, 15) is 4.79 Å². The number of carbonyl (C=O) groups excluding carboxylic acids is 1. The predicted molar refractivity (Wildman–Crippen MR) is 71.8 cm³/mol. The Labute approximate surface area is 110 Å². The van der Waals surface area contributed by atoms with Gasteiger partial charge in [-0.1, -0.05) is 13.8 Å². The van der Waals surface area contributed by atoms with E-state index in [0.29, 0.717) is 38.0 Å². The van der Waals surface area contributed by atoms with E-state index >= 15 is 0 Å². The Kier molecular flexibility index (Phi) is 7.23. The SMILES string of the molecule is CC(C)C(CCN)CCC(=O)NN1CCOCC1. The van der Waals surface area contributed by atoms with Crippen LogP contribution in [0.1, 0.15) is 33.1 Å². The fourth-order valence-corrected chi connectivity index (χ4v) is 2.25. The molecule has 0 aliphatic carbocycles. The average Bonchev–Trinajstić information content (AvgIpc) is 2.35. The molecule has 3 N–H and O–H groups in total. The first-order valence-electron chi connectivity index (χ1n) is 6.95. The Hall–Kier alpha value is -0.650. The lowest BCUT2D eigenvalue weighted by Crippen LogP contribution is -2.48. The summed E-state index contributed by atoms with van der Waals surface area (Å²) in [6.07, 6.45) is 2.51. The molecular formula is C13H27N3O2. The molecule has 1 aliphatic rings. The number of morpholine rings is 1. The van der Waals surface area contributed by atoms with Crippen LogP contribution in [0.3, 0.4) is 0 Å². The minimum Gasteiger partial charge on any atom is -0.379 e. The number of nitrogens with zero attached hydrogens (tertiary/aromatic N) is 1. The Morgan fingerprint density at radius 1 is 1.33 bits per heavy atom. The fraction of sp³-hybridized carbons (Fsp3) is 0.923. The highest BCUT2D eigenvalue weighted by atomic mass is 16.5. The largest absolute Gasteiger partial charge is 0.379 e. The molecule has 0 aromatic carbocycles. The van der Waals surface area contributed by atoms with Crippen LogP contribution >= 0.6 is 0 Å². The number of hydrogen-bond donors (Lipinski definition) is 2. The highest BCUT2D eigenvalue weighted by Crippen LogP contribution is 2.20. The van der Waals surface area contributed by atoms with Gasteiger partial charge in [0.1, 0.15) is 0 Å². The van der Waals surface area contributed by atoms with Gasteiger partial charge in [0.05, 0.1) is 13.2 Å². The van der Waals surface area contributed by atoms with Crippen LogP contribution in [-0.4, -0.2) is 43.8 Å². The highest BCUT2D eigenvalue weighted by Gasteiger charge is 2.16. The number of hydrogen-bond acceptors (Lipinski definition) is 4. The third kappa shape index (κ3) is 5.80. The first-order valence-corrected chi connectivity index (χ1v) is 6.95. The maximum atomic E-state index is 11.8. The molecule has 106 valence electrons. The molecule has 18 heavy (non-hydrogen) atoms. The van der Waals surface area contributed by atoms with Gasteiger partial charge < -0.3 is 10.5 Å². The first kappa shape index (κ1) is 15.4. The highest BCUT2D eigenvalue weighted by molar-refractivity contribution is 5.75. The molecule has 1 aliphatic heterocycles. The van der Waals surface area contributed by atoms with Crippen molar-refractivity contribution in [1.82, 2.24) is 10.4 Å². The molecule has 1 heterocycles. The topological polar surface area (TPSA) is 67.6 Å². The van der Waals surface area contributed by atoms with Crippen LogP contribution in [0, 0.1) is 11.8 Å². The van der Waals surface area contributed by atoms with Crippen molar-refractivity contribution < 1.29 is 9.53 Å². The van der Waals surface area contributed by atoms with E-state index in [4.69, 9.17) is 10.5 Å². The van der Waals surface area contributed by atoms with Crippen molar-refractivity contribution in [3.05, 3.63) is 0 Å². The zero-order chi connectivity index (χ0) is 13.4. The summed E-state index contributed by atoms with van der Waals surface area (Å²) in [7, 11) is 0. The Morgan fingerprint density at radius 2 is 2.00 bits per heavy atom. The Balaban J connectivity index is 2.21. The molecule has 5 nitrogen and oxygen atoms in total. The number of rotatable bonds is 7. The van der Waals surface area contributed by atoms with Gasteiger partial charge in [-0.25, -0.2) is 5.01 Å². The van der Waals surface area contributed by atoms with Gasteiger partial charge in [-0.15, -0.1) is 0 Å². The maximum Gasteiger partial charge on any atom is 0.234 e. The molecule has 1 unspecified atom stereocenters. The second kappa shape index (κ2) is 8.45. The third-order valence-corrected chi connectivity index (χ3v) is 3.52. The van der Waals surface area contributed by atoms with E-state index in [-0.39, 0.29) is 5.91 Å². The molecule has 0 aromatic rings. The van der Waals surface area contributed by atoms with Crippen molar-refractivity contribution in [3.63, 3.8) is 0 Å². The molecule has 1 rings (SSSR count). The van der Waals surface area contributed by atoms with Crippen molar-refractivity contribution in [2.24, 2.45) is 17.6 Å². The van der Waals surface area contributed by atoms with E-state index in [1.807, 2.05) is 5.01 Å². The number of amides is 1. The number of carbonyl (C=O) groups is 1. The molecule has 0 bridgehead atoms. The second-order valence-corrected chi connectivity index (χ2v) is 5.25. The molecule has 0 saturated carbocycles. The van der Waals surface area contributed by atoms with Crippen LogP contribution in [0.4, 0.5) is 0 Å². The van der Waals surface area contributed by atoms with Crippen LogP contribution in [0.25, 0.3) is 0 Å². The van der Waals surface area contributed by atoms with Crippen LogP contribution in [-0.2, 0) is 9.53 Å². The Bertz CT molecular complexity index is 240. The van der Waals surface area contributed by atoms with Gasteiger partial charge >= 0.3 is 0 Å². The monoisotopic (exact) mass is 257 g/mol. The minimum atomic E-state index is 0.111. The summed E-state index contributed by atoms with van der Waals surface area (Å²) in [4.78, 5) is 11.8. The van der Waals surface area contributed by atoms with E-state index < -0.39 is 0 Å². The van der Waals surface area contributed by atoms with E-state index in [1.165, 1.54) is 0 Å². The quantitative estimate of drug-likeness (QED) is 0.706. The van der Waals surface area contributed by atoms with E-state index in [1.54, 1.807) is 0 Å². The van der Waals surface area contributed by atoms with Crippen LogP contribution < -0.4 is 11.2 Å². The van der Waals surface area contributed by atoms with Gasteiger partial charge in [0, 0.05) is 19.5 Å². The summed E-state index contributed by atoms with van der Waals surface area (Å²) >= 11 is 0. The smallest absolute Gasteiger partial charge is 0.234 e. The van der Waals surface area contributed by atoms with Gasteiger partial charge in [-0.3, -0.25) is 10.2 Å². The van der Waals surface area contributed by atoms with E-state index in [2.05, 4.69) is 19.3 Å². The summed E-state index contributed by atoms with van der Waals surface area (Å²) in [6, 6.07) is 0. The van der Waals surface area contributed by atoms with Crippen molar-refractivity contribution in [3.8, 4) is 0 Å².